The minimum Gasteiger partial charge on any atom is -0.225 e. The molecule has 5 heteroatoms. The second-order valence-electron chi connectivity index (χ2n) is 3.24. The number of rotatable bonds is 2. The van der Waals surface area contributed by atoms with Gasteiger partial charge in [0.05, 0.1) is 4.90 Å². The average Bonchev–Trinajstić information content (AvgIpc) is 2.03. The molecular weight excluding hydrogens is 222 g/mol. The van der Waals surface area contributed by atoms with Gasteiger partial charge in [0, 0.05) is 0 Å². The molecule has 0 heterocycles. The van der Waals surface area contributed by atoms with E-state index in [1.165, 1.54) is 6.07 Å². The van der Waals surface area contributed by atoms with E-state index < -0.39 is 10.0 Å². The molecule has 0 aliphatic heterocycles. The topological polar surface area (TPSA) is 60.2 Å². The van der Waals surface area contributed by atoms with Crippen LogP contribution < -0.4 is 5.14 Å². The Morgan fingerprint density at radius 1 is 1.21 bits per heavy atom. The number of hydrogen-bond donors (Lipinski definition) is 1. The van der Waals surface area contributed by atoms with Crippen LogP contribution >= 0.6 is 12.4 Å². The molecule has 0 atom stereocenters. The molecule has 2 N–H and O–H groups in total. The lowest BCUT2D eigenvalue weighted by Crippen LogP contribution is -2.14. The van der Waals surface area contributed by atoms with Crippen LogP contribution in [0.3, 0.4) is 0 Å². The van der Waals surface area contributed by atoms with Crippen LogP contribution in [-0.2, 0) is 10.0 Å². The maximum atomic E-state index is 11.1. The van der Waals surface area contributed by atoms with E-state index >= 15 is 0 Å². The highest BCUT2D eigenvalue weighted by Crippen LogP contribution is 2.21. The molecule has 0 fully saturated rings. The van der Waals surface area contributed by atoms with Gasteiger partial charge in [-0.25, -0.2) is 13.6 Å². The van der Waals surface area contributed by atoms with Gasteiger partial charge in [-0.1, -0.05) is 32.0 Å². The van der Waals surface area contributed by atoms with Crippen molar-refractivity contribution in [3.8, 4) is 0 Å². The van der Waals surface area contributed by atoms with Gasteiger partial charge in [-0.3, -0.25) is 0 Å². The van der Waals surface area contributed by atoms with Crippen LogP contribution in [0, 0.1) is 0 Å². The summed E-state index contributed by atoms with van der Waals surface area (Å²) in [6.45, 7) is 3.87. The molecule has 0 aliphatic carbocycles. The lowest BCUT2D eigenvalue weighted by atomic mass is 10.0. The zero-order chi connectivity index (χ0) is 10.1. The second-order valence-corrected chi connectivity index (χ2v) is 4.77. The summed E-state index contributed by atoms with van der Waals surface area (Å²) in [6, 6.07) is 6.80. The molecule has 0 saturated heterocycles. The molecule has 0 unspecified atom stereocenters. The molecule has 14 heavy (non-hydrogen) atoms. The van der Waals surface area contributed by atoms with Crippen molar-refractivity contribution in [1.29, 1.82) is 0 Å². The summed E-state index contributed by atoms with van der Waals surface area (Å²) >= 11 is 0. The maximum Gasteiger partial charge on any atom is 0.238 e. The molecule has 0 saturated carbocycles. The molecule has 1 aromatic carbocycles. The summed E-state index contributed by atoms with van der Waals surface area (Å²) < 4.78 is 22.3. The minimum absolute atomic E-state index is 0. The first kappa shape index (κ1) is 13.4. The van der Waals surface area contributed by atoms with Crippen LogP contribution in [0.25, 0.3) is 0 Å². The first-order chi connectivity index (χ1) is 5.93. The highest BCUT2D eigenvalue weighted by molar-refractivity contribution is 7.89. The summed E-state index contributed by atoms with van der Waals surface area (Å²) in [5, 5.41) is 5.07. The molecule has 0 aliphatic rings. The Bertz CT molecular complexity index is 401. The molecule has 0 bridgehead atoms. The largest absolute Gasteiger partial charge is 0.238 e. The first-order valence-electron chi connectivity index (χ1n) is 4.04. The molecule has 0 aromatic heterocycles. The summed E-state index contributed by atoms with van der Waals surface area (Å²) in [5.74, 6) is 0.162. The number of benzene rings is 1. The number of hydrogen-bond acceptors (Lipinski definition) is 2. The van der Waals surface area contributed by atoms with E-state index in [0.717, 1.165) is 5.56 Å². The monoisotopic (exact) mass is 235 g/mol. The summed E-state index contributed by atoms with van der Waals surface area (Å²) in [6.07, 6.45) is 0. The van der Waals surface area contributed by atoms with Gasteiger partial charge < -0.3 is 0 Å². The third kappa shape index (κ3) is 2.97. The highest BCUT2D eigenvalue weighted by atomic mass is 35.5. The van der Waals surface area contributed by atoms with Crippen LogP contribution in [0.15, 0.2) is 29.2 Å². The van der Waals surface area contributed by atoms with Gasteiger partial charge in [-0.05, 0) is 17.5 Å². The van der Waals surface area contributed by atoms with Gasteiger partial charge in [0.2, 0.25) is 10.0 Å². The SMILES string of the molecule is CC(C)c1ccccc1S(N)(=O)=O.Cl. The Morgan fingerprint density at radius 2 is 1.71 bits per heavy atom. The van der Waals surface area contributed by atoms with E-state index in [2.05, 4.69) is 0 Å². The van der Waals surface area contributed by atoms with Gasteiger partial charge in [0.15, 0.2) is 0 Å². The number of primary sulfonamides is 1. The minimum atomic E-state index is -3.58. The van der Waals surface area contributed by atoms with E-state index in [1.54, 1.807) is 12.1 Å². The van der Waals surface area contributed by atoms with E-state index in [4.69, 9.17) is 5.14 Å². The lowest BCUT2D eigenvalue weighted by molar-refractivity contribution is 0.595. The lowest BCUT2D eigenvalue weighted by Gasteiger charge is -2.09. The summed E-state index contributed by atoms with van der Waals surface area (Å²) in [5.41, 5.74) is 0.769. The van der Waals surface area contributed by atoms with E-state index in [-0.39, 0.29) is 23.2 Å². The fraction of sp³-hybridized carbons (Fsp3) is 0.333. The van der Waals surface area contributed by atoms with Gasteiger partial charge in [-0.2, -0.15) is 0 Å². The Morgan fingerprint density at radius 3 is 2.07 bits per heavy atom. The van der Waals surface area contributed by atoms with Gasteiger partial charge in [0.1, 0.15) is 0 Å². The number of nitrogens with two attached hydrogens (primary N) is 1. The average molecular weight is 236 g/mol. The number of halogens is 1. The summed E-state index contributed by atoms with van der Waals surface area (Å²) in [7, 11) is -3.58. The molecule has 1 aromatic rings. The van der Waals surface area contributed by atoms with Crippen molar-refractivity contribution in [1.82, 2.24) is 0 Å². The van der Waals surface area contributed by atoms with Crippen molar-refractivity contribution in [2.24, 2.45) is 5.14 Å². The molecule has 80 valence electrons. The summed E-state index contributed by atoms with van der Waals surface area (Å²) in [4.78, 5) is 0.227. The maximum absolute atomic E-state index is 11.1. The molecule has 0 radical (unpaired) electrons. The van der Waals surface area contributed by atoms with E-state index in [1.807, 2.05) is 19.9 Å². The zero-order valence-corrected chi connectivity index (χ0v) is 9.73. The standard InChI is InChI=1S/C9H13NO2S.ClH/c1-7(2)8-5-3-4-6-9(8)13(10,11)12;/h3-7H,1-2H3,(H2,10,11,12);1H. The van der Waals surface area contributed by atoms with Crippen LogP contribution in [0.2, 0.25) is 0 Å². The van der Waals surface area contributed by atoms with Crippen molar-refractivity contribution in [2.75, 3.05) is 0 Å². The zero-order valence-electron chi connectivity index (χ0n) is 8.10. The van der Waals surface area contributed by atoms with Gasteiger partial charge >= 0.3 is 0 Å². The fourth-order valence-corrected chi connectivity index (χ4v) is 2.12. The van der Waals surface area contributed by atoms with Crippen molar-refractivity contribution in [2.45, 2.75) is 24.7 Å². The molecule has 3 nitrogen and oxygen atoms in total. The first-order valence-corrected chi connectivity index (χ1v) is 5.59. The number of sulfonamides is 1. The Balaban J connectivity index is 0.00000169. The predicted octanol–water partition coefficient (Wildman–Crippen LogP) is 1.88. The van der Waals surface area contributed by atoms with Crippen molar-refractivity contribution < 1.29 is 8.42 Å². The Kier molecular flexibility index (Phi) is 4.58. The van der Waals surface area contributed by atoms with Crippen LogP contribution in [0.1, 0.15) is 25.3 Å². The van der Waals surface area contributed by atoms with Crippen molar-refractivity contribution in [3.05, 3.63) is 29.8 Å². The quantitative estimate of drug-likeness (QED) is 0.851. The predicted molar refractivity (Wildman–Crippen MR) is 59.2 cm³/mol. The Hall–Kier alpha value is -0.580. The normalized spacial score (nSPS) is 11.1. The van der Waals surface area contributed by atoms with E-state index in [9.17, 15) is 8.42 Å². The third-order valence-corrected chi connectivity index (χ3v) is 2.83. The highest BCUT2D eigenvalue weighted by Gasteiger charge is 2.14. The second kappa shape index (κ2) is 4.77. The van der Waals surface area contributed by atoms with Crippen LogP contribution in [0.4, 0.5) is 0 Å². The molecule has 1 rings (SSSR count). The van der Waals surface area contributed by atoms with Crippen LogP contribution in [0.5, 0.6) is 0 Å². The molecule has 0 amide bonds. The molecular formula is C9H14ClNO2S. The van der Waals surface area contributed by atoms with Gasteiger partial charge in [-0.15, -0.1) is 12.4 Å². The van der Waals surface area contributed by atoms with E-state index in [0.29, 0.717) is 0 Å². The van der Waals surface area contributed by atoms with Gasteiger partial charge in [0.25, 0.3) is 0 Å². The molecule has 0 spiro atoms. The van der Waals surface area contributed by atoms with Crippen molar-refractivity contribution in [3.63, 3.8) is 0 Å². The van der Waals surface area contributed by atoms with Crippen molar-refractivity contribution >= 4 is 22.4 Å². The Labute approximate surface area is 90.8 Å². The van der Waals surface area contributed by atoms with Crippen LogP contribution in [-0.4, -0.2) is 8.42 Å². The fourth-order valence-electron chi connectivity index (χ4n) is 1.22. The third-order valence-electron chi connectivity index (χ3n) is 1.85. The smallest absolute Gasteiger partial charge is 0.225 e.